The number of carbonyl (C=O) groups excluding carboxylic acids is 2. The molecule has 10 nitrogen and oxygen atoms in total. The lowest BCUT2D eigenvalue weighted by atomic mass is 10.1. The summed E-state index contributed by atoms with van der Waals surface area (Å²) in [7, 11) is 0. The maximum absolute atomic E-state index is 13.1. The van der Waals surface area contributed by atoms with Gasteiger partial charge in [0.25, 0.3) is 11.4 Å². The first-order valence-corrected chi connectivity index (χ1v) is 8.86. The van der Waals surface area contributed by atoms with Crippen molar-refractivity contribution in [3.63, 3.8) is 0 Å². The van der Waals surface area contributed by atoms with Crippen molar-refractivity contribution in [3.8, 4) is 0 Å². The highest BCUT2D eigenvalue weighted by molar-refractivity contribution is 6.03. The number of alkyl halides is 6. The normalized spacial score (nSPS) is 11.6. The van der Waals surface area contributed by atoms with E-state index in [4.69, 9.17) is 0 Å². The Morgan fingerprint density at radius 2 is 1.44 bits per heavy atom. The van der Waals surface area contributed by atoms with Crippen LogP contribution < -0.4 is 10.6 Å². The van der Waals surface area contributed by atoms with Crippen molar-refractivity contribution < 1.29 is 45.8 Å². The van der Waals surface area contributed by atoms with Crippen LogP contribution in [0.5, 0.6) is 0 Å². The predicted octanol–water partition coefficient (Wildman–Crippen LogP) is 4.19. The number of nitro groups is 2. The van der Waals surface area contributed by atoms with E-state index in [1.165, 1.54) is 0 Å². The van der Waals surface area contributed by atoms with Gasteiger partial charge in [-0.15, -0.1) is 0 Å². The highest BCUT2D eigenvalue weighted by Gasteiger charge is 2.38. The van der Waals surface area contributed by atoms with Crippen LogP contribution in [0.1, 0.15) is 23.1 Å². The van der Waals surface area contributed by atoms with Gasteiger partial charge >= 0.3 is 12.4 Å². The highest BCUT2D eigenvalue weighted by atomic mass is 19.4. The number of benzene rings is 2. The number of hydrogen-bond donors (Lipinski definition) is 2. The molecule has 0 spiro atoms. The molecule has 0 heterocycles. The molecule has 0 radical (unpaired) electrons. The summed E-state index contributed by atoms with van der Waals surface area (Å²) in [6.45, 7) is -0.755. The molecule has 16 heteroatoms. The number of rotatable bonds is 7. The summed E-state index contributed by atoms with van der Waals surface area (Å²) >= 11 is 0. The van der Waals surface area contributed by atoms with Crippen molar-refractivity contribution in [2.45, 2.75) is 25.3 Å². The van der Waals surface area contributed by atoms with Crippen molar-refractivity contribution in [1.82, 2.24) is 5.32 Å². The minimum Gasteiger partial charge on any atom is -0.352 e. The summed E-state index contributed by atoms with van der Waals surface area (Å²) in [5, 5.41) is 25.3. The molecule has 2 rings (SSSR count). The number of nitrogens with zero attached hydrogens (tertiary/aromatic N) is 2. The lowest BCUT2D eigenvalue weighted by molar-refractivity contribution is -0.388. The van der Waals surface area contributed by atoms with Gasteiger partial charge in [-0.2, -0.15) is 26.3 Å². The number of non-ortho nitro benzene ring substituents is 1. The van der Waals surface area contributed by atoms with Crippen LogP contribution in [0.4, 0.5) is 43.4 Å². The molecule has 0 aromatic heterocycles. The topological polar surface area (TPSA) is 144 Å². The number of anilines is 1. The van der Waals surface area contributed by atoms with E-state index in [0.29, 0.717) is 12.1 Å². The summed E-state index contributed by atoms with van der Waals surface area (Å²) in [4.78, 5) is 42.9. The minimum absolute atomic E-state index is 0.279. The standard InChI is InChI=1S/C18H12F6N4O6/c19-17(20,21)12-6-11(27(31)32)3-1-9(12)8-25-15(29)7-16(30)26-10-2-4-14(28(33)34)13(5-10)18(22,23)24/h1-6H,7-8H2,(H,25,29)(H,26,30). The third kappa shape index (κ3) is 6.63. The van der Waals surface area contributed by atoms with Gasteiger partial charge < -0.3 is 10.6 Å². The number of nitrogens with one attached hydrogen (secondary N) is 2. The predicted molar refractivity (Wildman–Crippen MR) is 101 cm³/mol. The van der Waals surface area contributed by atoms with Gasteiger partial charge in [0.05, 0.1) is 15.4 Å². The fourth-order valence-corrected chi connectivity index (χ4v) is 2.70. The van der Waals surface area contributed by atoms with Gasteiger partial charge in [-0.25, -0.2) is 0 Å². The van der Waals surface area contributed by atoms with Crippen molar-refractivity contribution in [1.29, 1.82) is 0 Å². The second-order valence-electron chi connectivity index (χ2n) is 6.58. The van der Waals surface area contributed by atoms with E-state index in [1.54, 1.807) is 0 Å². The first-order valence-electron chi connectivity index (χ1n) is 8.86. The van der Waals surface area contributed by atoms with Gasteiger partial charge in [0.2, 0.25) is 11.8 Å². The van der Waals surface area contributed by atoms with Crippen LogP contribution in [-0.4, -0.2) is 21.7 Å². The Bertz CT molecular complexity index is 1150. The molecule has 34 heavy (non-hydrogen) atoms. The Labute approximate surface area is 184 Å². The smallest absolute Gasteiger partial charge is 0.352 e. The van der Waals surface area contributed by atoms with E-state index < -0.39 is 80.7 Å². The zero-order valence-electron chi connectivity index (χ0n) is 16.5. The SMILES string of the molecule is O=C(CC(=O)Nc1ccc([N+](=O)[O-])c(C(F)(F)F)c1)NCc1ccc([N+](=O)[O-])cc1C(F)(F)F. The van der Waals surface area contributed by atoms with Gasteiger partial charge in [-0.1, -0.05) is 0 Å². The van der Waals surface area contributed by atoms with E-state index in [-0.39, 0.29) is 6.07 Å². The first-order chi connectivity index (χ1) is 15.6. The zero-order valence-corrected chi connectivity index (χ0v) is 16.5. The van der Waals surface area contributed by atoms with Crippen LogP contribution >= 0.6 is 0 Å². The van der Waals surface area contributed by atoms with Crippen LogP contribution in [0.15, 0.2) is 36.4 Å². The minimum atomic E-state index is -5.11. The summed E-state index contributed by atoms with van der Waals surface area (Å²) in [5.74, 6) is -2.26. The van der Waals surface area contributed by atoms with E-state index in [0.717, 1.165) is 18.2 Å². The quantitative estimate of drug-likeness (QED) is 0.256. The van der Waals surface area contributed by atoms with Crippen molar-refractivity contribution >= 4 is 28.9 Å². The summed E-state index contributed by atoms with van der Waals surface area (Å²) in [6, 6.07) is 3.44. The molecular formula is C18H12F6N4O6. The lowest BCUT2D eigenvalue weighted by Gasteiger charge is -2.13. The third-order valence-corrected chi connectivity index (χ3v) is 4.19. The zero-order chi connectivity index (χ0) is 25.8. The van der Waals surface area contributed by atoms with Gasteiger partial charge in [0.15, 0.2) is 0 Å². The molecule has 0 bridgehead atoms. The van der Waals surface area contributed by atoms with Crippen LogP contribution in [0, 0.1) is 20.2 Å². The Kier molecular flexibility index (Phi) is 7.43. The lowest BCUT2D eigenvalue weighted by Crippen LogP contribution is -2.28. The second kappa shape index (κ2) is 9.72. The van der Waals surface area contributed by atoms with Crippen LogP contribution in [0.25, 0.3) is 0 Å². The van der Waals surface area contributed by atoms with E-state index in [1.807, 2.05) is 10.6 Å². The van der Waals surface area contributed by atoms with Crippen molar-refractivity contribution in [3.05, 3.63) is 73.3 Å². The molecule has 2 aromatic rings. The molecule has 0 saturated heterocycles. The second-order valence-corrected chi connectivity index (χ2v) is 6.58. The molecule has 0 saturated carbocycles. The monoisotopic (exact) mass is 494 g/mol. The molecule has 0 aliphatic heterocycles. The van der Waals surface area contributed by atoms with Crippen molar-refractivity contribution in [2.24, 2.45) is 0 Å². The molecule has 182 valence electrons. The van der Waals surface area contributed by atoms with Crippen LogP contribution in [-0.2, 0) is 28.5 Å². The number of carbonyl (C=O) groups is 2. The molecule has 2 amide bonds. The highest BCUT2D eigenvalue weighted by Crippen LogP contribution is 2.37. The van der Waals surface area contributed by atoms with Gasteiger partial charge in [-0.05, 0) is 23.8 Å². The van der Waals surface area contributed by atoms with Gasteiger partial charge in [0, 0.05) is 30.4 Å². The van der Waals surface area contributed by atoms with Gasteiger partial charge in [0.1, 0.15) is 12.0 Å². The fraction of sp³-hybridized carbons (Fsp3) is 0.222. The van der Waals surface area contributed by atoms with Crippen LogP contribution in [0.3, 0.4) is 0 Å². The summed E-state index contributed by atoms with van der Waals surface area (Å²) < 4.78 is 78.4. The van der Waals surface area contributed by atoms with E-state index in [2.05, 4.69) is 0 Å². The van der Waals surface area contributed by atoms with Crippen molar-refractivity contribution in [2.75, 3.05) is 5.32 Å². The van der Waals surface area contributed by atoms with E-state index in [9.17, 15) is 56.2 Å². The molecule has 2 aromatic carbocycles. The Morgan fingerprint density at radius 3 is 1.97 bits per heavy atom. The molecule has 0 unspecified atom stereocenters. The largest absolute Gasteiger partial charge is 0.423 e. The van der Waals surface area contributed by atoms with Gasteiger partial charge in [-0.3, -0.25) is 29.8 Å². The van der Waals surface area contributed by atoms with E-state index >= 15 is 0 Å². The molecular weight excluding hydrogens is 482 g/mol. The Hall–Kier alpha value is -4.24. The Morgan fingerprint density at radius 1 is 0.824 bits per heavy atom. The fourth-order valence-electron chi connectivity index (χ4n) is 2.70. The number of amides is 2. The summed E-state index contributed by atoms with van der Waals surface area (Å²) in [6.07, 6.45) is -11.1. The molecule has 0 fully saturated rings. The number of hydrogen-bond acceptors (Lipinski definition) is 6. The maximum Gasteiger partial charge on any atom is 0.423 e. The molecule has 0 aliphatic carbocycles. The molecule has 0 aliphatic rings. The molecule has 0 atom stereocenters. The average Bonchev–Trinajstić information content (AvgIpc) is 2.70. The number of halogens is 6. The third-order valence-electron chi connectivity index (χ3n) is 4.19. The maximum atomic E-state index is 13.1. The Balaban J connectivity index is 2.08. The number of nitro benzene ring substituents is 2. The molecule has 2 N–H and O–H groups in total. The summed E-state index contributed by atoms with van der Waals surface area (Å²) in [5.41, 5.74) is -6.15. The first kappa shape index (κ1) is 26.0. The van der Waals surface area contributed by atoms with Crippen LogP contribution in [0.2, 0.25) is 0 Å². The average molecular weight is 494 g/mol.